The molecule has 4 nitrogen and oxygen atoms in total. The van der Waals surface area contributed by atoms with Crippen LogP contribution < -0.4 is 0 Å². The first-order valence-corrected chi connectivity index (χ1v) is 7.98. The van der Waals surface area contributed by atoms with Gasteiger partial charge in [0.1, 0.15) is 5.78 Å². The van der Waals surface area contributed by atoms with E-state index in [-0.39, 0.29) is 11.7 Å². The number of Topliss-reactive ketones (excluding diaryl/α,β-unsaturated/α-hetero) is 1. The van der Waals surface area contributed by atoms with Gasteiger partial charge < -0.3 is 4.52 Å². The maximum absolute atomic E-state index is 11.6. The third kappa shape index (κ3) is 3.04. The van der Waals surface area contributed by atoms with Gasteiger partial charge >= 0.3 is 0 Å². The Morgan fingerprint density at radius 1 is 1.59 bits per heavy atom. The second-order valence-electron chi connectivity index (χ2n) is 3.97. The third-order valence-electron chi connectivity index (χ3n) is 2.76. The summed E-state index contributed by atoms with van der Waals surface area (Å²) in [4.78, 5) is 15.9. The van der Waals surface area contributed by atoms with Crippen LogP contribution in [0.2, 0.25) is 0 Å². The van der Waals surface area contributed by atoms with Crippen molar-refractivity contribution in [1.82, 2.24) is 10.1 Å². The van der Waals surface area contributed by atoms with Gasteiger partial charge in [-0.1, -0.05) is 12.1 Å². The van der Waals surface area contributed by atoms with Crippen molar-refractivity contribution in [2.24, 2.45) is 0 Å². The molecule has 0 N–H and O–H groups in total. The Bertz CT molecular complexity index is 389. The van der Waals surface area contributed by atoms with Crippen LogP contribution in [-0.4, -0.2) is 33.2 Å². The molecule has 1 aliphatic heterocycles. The molecule has 1 aromatic heterocycles. The number of ketones is 1. The molecular formula is C11H16N2O2S2. The summed E-state index contributed by atoms with van der Waals surface area (Å²) in [5.41, 5.74) is 0. The maximum Gasteiger partial charge on any atom is 0.236 e. The second-order valence-corrected chi connectivity index (χ2v) is 6.43. The van der Waals surface area contributed by atoms with Crippen molar-refractivity contribution in [2.45, 2.75) is 31.4 Å². The van der Waals surface area contributed by atoms with E-state index in [2.05, 4.69) is 10.1 Å². The molecule has 1 aromatic rings. The second kappa shape index (κ2) is 5.91. The lowest BCUT2D eigenvalue weighted by Crippen LogP contribution is -2.10. The van der Waals surface area contributed by atoms with Crippen LogP contribution in [0, 0.1) is 0 Å². The predicted molar refractivity (Wildman–Crippen MR) is 70.5 cm³/mol. The monoisotopic (exact) mass is 272 g/mol. The molecule has 2 atom stereocenters. The molecule has 0 aromatic carbocycles. The summed E-state index contributed by atoms with van der Waals surface area (Å²) in [6.07, 6.45) is 0.507. The van der Waals surface area contributed by atoms with Crippen LogP contribution in [0.3, 0.4) is 0 Å². The Balaban J connectivity index is 2.06. The summed E-state index contributed by atoms with van der Waals surface area (Å²) >= 11 is 3.78. The largest absolute Gasteiger partial charge is 0.339 e. The lowest BCUT2D eigenvalue weighted by atomic mass is 10.1. The van der Waals surface area contributed by atoms with Crippen molar-refractivity contribution in [2.75, 3.05) is 17.3 Å². The van der Waals surface area contributed by atoms with Gasteiger partial charge in [0, 0.05) is 23.7 Å². The van der Waals surface area contributed by atoms with E-state index in [9.17, 15) is 4.79 Å². The van der Waals surface area contributed by atoms with Crippen molar-refractivity contribution in [3.05, 3.63) is 11.7 Å². The number of thioether (sulfide) groups is 2. The van der Waals surface area contributed by atoms with E-state index >= 15 is 0 Å². The van der Waals surface area contributed by atoms with Crippen LogP contribution in [-0.2, 0) is 4.79 Å². The number of nitrogens with zero attached hydrogens (tertiary/aromatic N) is 2. The van der Waals surface area contributed by atoms with Crippen molar-refractivity contribution >= 4 is 29.3 Å². The molecule has 6 heteroatoms. The Hall–Kier alpha value is -0.490. The molecular weight excluding hydrogens is 256 g/mol. The van der Waals surface area contributed by atoms with Gasteiger partial charge in [0.2, 0.25) is 5.89 Å². The molecule has 1 fully saturated rings. The van der Waals surface area contributed by atoms with Gasteiger partial charge in [-0.25, -0.2) is 0 Å². The number of hydrogen-bond acceptors (Lipinski definition) is 6. The molecule has 94 valence electrons. The minimum Gasteiger partial charge on any atom is -0.339 e. The highest BCUT2D eigenvalue weighted by Crippen LogP contribution is 2.35. The number of carbonyl (C=O) groups is 1. The fraction of sp³-hybridized carbons (Fsp3) is 0.727. The molecule has 1 aliphatic rings. The van der Waals surface area contributed by atoms with E-state index in [1.165, 1.54) is 5.75 Å². The van der Waals surface area contributed by atoms with E-state index < -0.39 is 0 Å². The molecule has 0 bridgehead atoms. The van der Waals surface area contributed by atoms with Crippen molar-refractivity contribution in [3.63, 3.8) is 0 Å². The van der Waals surface area contributed by atoms with Crippen LogP contribution in [0.4, 0.5) is 0 Å². The lowest BCUT2D eigenvalue weighted by molar-refractivity contribution is -0.120. The quantitative estimate of drug-likeness (QED) is 0.840. The fourth-order valence-electron chi connectivity index (χ4n) is 1.63. The molecule has 0 aliphatic carbocycles. The summed E-state index contributed by atoms with van der Waals surface area (Å²) in [6.45, 7) is 3.68. The number of aromatic nitrogens is 2. The number of hydrogen-bond donors (Lipinski definition) is 0. The third-order valence-corrected chi connectivity index (χ3v) is 5.51. The molecule has 2 rings (SSSR count). The molecule has 17 heavy (non-hydrogen) atoms. The predicted octanol–water partition coefficient (Wildman–Crippen LogP) is 2.67. The lowest BCUT2D eigenvalue weighted by Gasteiger charge is -2.17. The first kappa shape index (κ1) is 13.0. The van der Waals surface area contributed by atoms with Crippen molar-refractivity contribution in [3.8, 4) is 0 Å². The van der Waals surface area contributed by atoms with Gasteiger partial charge in [-0.15, -0.1) is 11.8 Å². The van der Waals surface area contributed by atoms with Crippen molar-refractivity contribution in [1.29, 1.82) is 0 Å². The molecule has 0 amide bonds. The summed E-state index contributed by atoms with van der Waals surface area (Å²) in [5.74, 6) is 4.42. The highest BCUT2D eigenvalue weighted by atomic mass is 32.2. The van der Waals surface area contributed by atoms with Gasteiger partial charge in [0.05, 0.1) is 11.2 Å². The average Bonchev–Trinajstić information content (AvgIpc) is 2.87. The summed E-state index contributed by atoms with van der Waals surface area (Å²) in [5, 5.41) is 4.32. The van der Waals surface area contributed by atoms with E-state index in [0.717, 1.165) is 17.3 Å². The summed E-state index contributed by atoms with van der Waals surface area (Å²) in [6, 6.07) is 0. The highest BCUT2D eigenvalue weighted by molar-refractivity contribution is 8.06. The molecule has 0 spiro atoms. The molecule has 1 saturated heterocycles. The molecule has 2 unspecified atom stereocenters. The summed E-state index contributed by atoms with van der Waals surface area (Å²) < 4.78 is 5.20. The maximum atomic E-state index is 11.6. The Kier molecular flexibility index (Phi) is 4.50. The van der Waals surface area contributed by atoms with Gasteiger partial charge in [-0.2, -0.15) is 16.7 Å². The van der Waals surface area contributed by atoms with Crippen LogP contribution in [0.25, 0.3) is 0 Å². The van der Waals surface area contributed by atoms with Gasteiger partial charge in [-0.05, 0) is 6.92 Å². The number of rotatable bonds is 4. The minimum absolute atomic E-state index is 0.144. The molecule has 2 heterocycles. The zero-order valence-electron chi connectivity index (χ0n) is 10.0. The zero-order chi connectivity index (χ0) is 12.3. The normalized spacial score (nSPS) is 22.4. The van der Waals surface area contributed by atoms with Crippen LogP contribution in [0.15, 0.2) is 4.52 Å². The van der Waals surface area contributed by atoms with Crippen LogP contribution in [0.1, 0.15) is 43.2 Å². The Morgan fingerprint density at radius 2 is 2.41 bits per heavy atom. The van der Waals surface area contributed by atoms with Crippen LogP contribution >= 0.6 is 23.5 Å². The standard InChI is InChI=1S/C11H16N2O2S2/c1-3-8(14)7(2)11-12-10(13-15-11)9-6-16-4-5-17-9/h7,9H,3-6H2,1-2H3. The van der Waals surface area contributed by atoms with E-state index in [1.54, 1.807) is 0 Å². The molecule has 0 saturated carbocycles. The van der Waals surface area contributed by atoms with Crippen molar-refractivity contribution < 1.29 is 9.32 Å². The Labute approximate surface area is 109 Å². The molecule has 0 radical (unpaired) electrons. The fourth-order valence-corrected chi connectivity index (χ4v) is 4.22. The average molecular weight is 272 g/mol. The van der Waals surface area contributed by atoms with Crippen LogP contribution in [0.5, 0.6) is 0 Å². The first-order valence-electron chi connectivity index (χ1n) is 5.78. The van der Waals surface area contributed by atoms with E-state index in [4.69, 9.17) is 4.52 Å². The first-order chi connectivity index (χ1) is 8.22. The minimum atomic E-state index is -0.275. The topological polar surface area (TPSA) is 56.0 Å². The van der Waals surface area contributed by atoms with Gasteiger partial charge in [-0.3, -0.25) is 4.79 Å². The summed E-state index contributed by atoms with van der Waals surface area (Å²) in [7, 11) is 0. The van der Waals surface area contributed by atoms with E-state index in [0.29, 0.717) is 17.6 Å². The smallest absolute Gasteiger partial charge is 0.236 e. The van der Waals surface area contributed by atoms with E-state index in [1.807, 2.05) is 37.4 Å². The van der Waals surface area contributed by atoms with Gasteiger partial charge in [0.25, 0.3) is 0 Å². The zero-order valence-corrected chi connectivity index (χ0v) is 11.6. The Morgan fingerprint density at radius 3 is 3.06 bits per heavy atom. The number of carbonyl (C=O) groups excluding carboxylic acids is 1. The highest BCUT2D eigenvalue weighted by Gasteiger charge is 2.25. The van der Waals surface area contributed by atoms with Gasteiger partial charge in [0.15, 0.2) is 5.82 Å². The SMILES string of the molecule is CCC(=O)C(C)c1nc(C2CSCCS2)no1.